The smallest absolute Gasteiger partial charge is 0.303 e. The van der Waals surface area contributed by atoms with Gasteiger partial charge in [-0.15, -0.1) is 0 Å². The highest BCUT2D eigenvalue weighted by molar-refractivity contribution is 5.85. The Morgan fingerprint density at radius 3 is 2.72 bits per heavy atom. The van der Waals surface area contributed by atoms with Crippen molar-refractivity contribution in [2.24, 2.45) is 11.8 Å². The third-order valence-corrected chi connectivity index (χ3v) is 4.72. The average molecular weight is 352 g/mol. The van der Waals surface area contributed by atoms with Crippen molar-refractivity contribution in [2.45, 2.75) is 76.9 Å². The van der Waals surface area contributed by atoms with Crippen LogP contribution in [0, 0.1) is 11.8 Å². The molecule has 0 spiro atoms. The van der Waals surface area contributed by atoms with Gasteiger partial charge in [-0.25, -0.2) is 0 Å². The van der Waals surface area contributed by atoms with E-state index in [0.29, 0.717) is 19.3 Å². The average Bonchev–Trinajstić information content (AvgIpc) is 2.82. The number of aliphatic hydroxyl groups is 2. The third kappa shape index (κ3) is 8.45. The molecule has 3 N–H and O–H groups in total. The van der Waals surface area contributed by atoms with Crippen molar-refractivity contribution in [3.63, 3.8) is 0 Å². The van der Waals surface area contributed by atoms with Crippen LogP contribution in [0.25, 0.3) is 0 Å². The van der Waals surface area contributed by atoms with Crippen LogP contribution in [0.4, 0.5) is 0 Å². The molecular formula is C20H32O5. The van der Waals surface area contributed by atoms with E-state index < -0.39 is 18.2 Å². The summed E-state index contributed by atoms with van der Waals surface area (Å²) < 4.78 is 0. The number of rotatable bonds is 12. The number of ketones is 1. The fourth-order valence-electron chi connectivity index (χ4n) is 3.27. The summed E-state index contributed by atoms with van der Waals surface area (Å²) in [6.45, 7) is 2.12. The molecule has 5 heteroatoms. The Morgan fingerprint density at radius 1 is 1.28 bits per heavy atom. The number of hydrogen-bond acceptors (Lipinski definition) is 4. The fourth-order valence-corrected chi connectivity index (χ4v) is 3.27. The molecule has 0 aromatic carbocycles. The summed E-state index contributed by atoms with van der Waals surface area (Å²) >= 11 is 0. The molecular weight excluding hydrogens is 320 g/mol. The fraction of sp³-hybridized carbons (Fsp3) is 0.700. The summed E-state index contributed by atoms with van der Waals surface area (Å²) in [5.74, 6) is -1.06. The van der Waals surface area contributed by atoms with Crippen LogP contribution in [-0.4, -0.2) is 39.3 Å². The molecule has 1 aliphatic rings. The highest BCUT2D eigenvalue weighted by Gasteiger charge is 2.39. The lowest BCUT2D eigenvalue weighted by molar-refractivity contribution is -0.137. The van der Waals surface area contributed by atoms with E-state index in [1.165, 1.54) is 0 Å². The number of Topliss-reactive ketones (excluding diaryl/α,β-unsaturated/α-hetero) is 1. The first-order valence-electron chi connectivity index (χ1n) is 9.39. The summed E-state index contributed by atoms with van der Waals surface area (Å²) in [4.78, 5) is 22.5. The zero-order valence-corrected chi connectivity index (χ0v) is 15.1. The van der Waals surface area contributed by atoms with Gasteiger partial charge in [0.1, 0.15) is 5.78 Å². The van der Waals surface area contributed by atoms with Crippen molar-refractivity contribution in [1.82, 2.24) is 0 Å². The minimum atomic E-state index is -0.798. The van der Waals surface area contributed by atoms with Gasteiger partial charge in [0.25, 0.3) is 0 Å². The molecule has 0 aromatic heterocycles. The van der Waals surface area contributed by atoms with Crippen LogP contribution in [-0.2, 0) is 9.59 Å². The second-order valence-electron chi connectivity index (χ2n) is 6.87. The van der Waals surface area contributed by atoms with Gasteiger partial charge in [0.15, 0.2) is 0 Å². The molecule has 0 radical (unpaired) electrons. The van der Waals surface area contributed by atoms with Crippen LogP contribution in [0.15, 0.2) is 24.3 Å². The Morgan fingerprint density at radius 2 is 2.04 bits per heavy atom. The second kappa shape index (κ2) is 12.0. The lowest BCUT2D eigenvalue weighted by atomic mass is 9.88. The summed E-state index contributed by atoms with van der Waals surface area (Å²) in [5, 5.41) is 28.6. The van der Waals surface area contributed by atoms with Gasteiger partial charge >= 0.3 is 5.97 Å². The number of allylic oxidation sites excluding steroid dienone is 2. The maximum atomic E-state index is 12.1. The van der Waals surface area contributed by atoms with E-state index in [9.17, 15) is 19.8 Å². The van der Waals surface area contributed by atoms with Gasteiger partial charge in [-0.1, -0.05) is 50.5 Å². The SMILES string of the molecule is CCCCC[C@@H]1[C@H](O)CC(=O)[C@H]1/C=C/[C@H](O)C/C=C\CCCC(=O)O. The molecule has 0 aliphatic heterocycles. The number of unbranched alkanes of at least 4 members (excludes halogenated alkanes) is 3. The van der Waals surface area contributed by atoms with E-state index >= 15 is 0 Å². The topological polar surface area (TPSA) is 94.8 Å². The highest BCUT2D eigenvalue weighted by atomic mass is 16.4. The van der Waals surface area contributed by atoms with Gasteiger partial charge in [-0.2, -0.15) is 0 Å². The normalized spacial score (nSPS) is 25.2. The molecule has 4 atom stereocenters. The second-order valence-corrected chi connectivity index (χ2v) is 6.87. The number of carbonyl (C=O) groups excluding carboxylic acids is 1. The van der Waals surface area contributed by atoms with Gasteiger partial charge in [0.2, 0.25) is 0 Å². The Kier molecular flexibility index (Phi) is 10.3. The predicted octanol–water partition coefficient (Wildman–Crippen LogP) is 3.25. The van der Waals surface area contributed by atoms with Gasteiger partial charge in [0.05, 0.1) is 12.2 Å². The van der Waals surface area contributed by atoms with Crippen LogP contribution < -0.4 is 0 Å². The monoisotopic (exact) mass is 352 g/mol. The minimum Gasteiger partial charge on any atom is -0.481 e. The largest absolute Gasteiger partial charge is 0.481 e. The van der Waals surface area contributed by atoms with Crippen LogP contribution in [0.2, 0.25) is 0 Å². The first-order valence-corrected chi connectivity index (χ1v) is 9.39. The molecule has 0 amide bonds. The number of carbonyl (C=O) groups is 2. The molecule has 0 aromatic rings. The van der Waals surface area contributed by atoms with Gasteiger partial charge < -0.3 is 15.3 Å². The van der Waals surface area contributed by atoms with E-state index in [-0.39, 0.29) is 30.5 Å². The number of aliphatic carboxylic acids is 1. The van der Waals surface area contributed by atoms with Crippen LogP contribution in [0.5, 0.6) is 0 Å². The number of hydrogen-bond donors (Lipinski definition) is 3. The standard InChI is InChI=1S/C20H32O5/c1-2-3-6-10-16-17(19(23)14-18(16)22)13-12-15(21)9-7-4-5-8-11-20(24)25/h4,7,12-13,15-18,21-22H,2-3,5-6,8-11,14H2,1H3,(H,24,25)/b7-4-,13-12+/t15-,16+,17+,18-/m1/s1. The minimum absolute atomic E-state index is 0.0333. The van der Waals surface area contributed by atoms with E-state index in [4.69, 9.17) is 5.11 Å². The Labute approximate surface area is 150 Å². The molecule has 0 heterocycles. The molecule has 5 nitrogen and oxygen atoms in total. The van der Waals surface area contributed by atoms with E-state index in [1.54, 1.807) is 12.2 Å². The third-order valence-electron chi connectivity index (χ3n) is 4.72. The first-order chi connectivity index (χ1) is 12.0. The molecule has 0 bridgehead atoms. The molecule has 1 rings (SSSR count). The van der Waals surface area contributed by atoms with Gasteiger partial charge in [-0.3, -0.25) is 9.59 Å². The molecule has 142 valence electrons. The summed E-state index contributed by atoms with van der Waals surface area (Å²) in [6, 6.07) is 0. The Hall–Kier alpha value is -1.46. The van der Waals surface area contributed by atoms with E-state index in [0.717, 1.165) is 25.7 Å². The number of aliphatic hydroxyl groups excluding tert-OH is 2. The maximum absolute atomic E-state index is 12.1. The van der Waals surface area contributed by atoms with Crippen molar-refractivity contribution in [3.05, 3.63) is 24.3 Å². The van der Waals surface area contributed by atoms with E-state index in [1.807, 2.05) is 12.2 Å². The summed E-state index contributed by atoms with van der Waals surface area (Å²) in [7, 11) is 0. The lowest BCUT2D eigenvalue weighted by Gasteiger charge is -2.18. The van der Waals surface area contributed by atoms with Crippen LogP contribution >= 0.6 is 0 Å². The van der Waals surface area contributed by atoms with E-state index in [2.05, 4.69) is 6.92 Å². The van der Waals surface area contributed by atoms with Gasteiger partial charge in [0, 0.05) is 18.8 Å². The van der Waals surface area contributed by atoms with Crippen molar-refractivity contribution in [2.75, 3.05) is 0 Å². The quantitative estimate of drug-likeness (QED) is 0.370. The maximum Gasteiger partial charge on any atom is 0.303 e. The van der Waals surface area contributed by atoms with Crippen molar-refractivity contribution in [3.8, 4) is 0 Å². The zero-order chi connectivity index (χ0) is 18.7. The van der Waals surface area contributed by atoms with Crippen LogP contribution in [0.3, 0.4) is 0 Å². The highest BCUT2D eigenvalue weighted by Crippen LogP contribution is 2.34. The summed E-state index contributed by atoms with van der Waals surface area (Å²) in [5.41, 5.74) is 0. The molecule has 1 aliphatic carbocycles. The van der Waals surface area contributed by atoms with Crippen LogP contribution in [0.1, 0.15) is 64.7 Å². The first kappa shape index (κ1) is 21.6. The molecule has 0 saturated heterocycles. The Balaban J connectivity index is 2.41. The molecule has 1 saturated carbocycles. The van der Waals surface area contributed by atoms with Crippen molar-refractivity contribution in [1.29, 1.82) is 0 Å². The van der Waals surface area contributed by atoms with Crippen molar-refractivity contribution < 1.29 is 24.9 Å². The predicted molar refractivity (Wildman–Crippen MR) is 97.1 cm³/mol. The van der Waals surface area contributed by atoms with Gasteiger partial charge in [-0.05, 0) is 31.6 Å². The zero-order valence-electron chi connectivity index (χ0n) is 15.1. The lowest BCUT2D eigenvalue weighted by Crippen LogP contribution is -2.19. The summed E-state index contributed by atoms with van der Waals surface area (Å²) in [6.07, 6.45) is 12.0. The number of carboxylic acids is 1. The molecule has 1 fully saturated rings. The molecule has 0 unspecified atom stereocenters. The number of carboxylic acid groups (broad SMARTS) is 1. The van der Waals surface area contributed by atoms with Crippen molar-refractivity contribution >= 4 is 11.8 Å². The Bertz CT molecular complexity index is 469. The molecule has 25 heavy (non-hydrogen) atoms.